The van der Waals surface area contributed by atoms with E-state index in [0.29, 0.717) is 10.5 Å². The molecule has 2 N–H and O–H groups in total. The molecule has 0 unspecified atom stereocenters. The van der Waals surface area contributed by atoms with Gasteiger partial charge in [0.1, 0.15) is 6.54 Å². The van der Waals surface area contributed by atoms with Gasteiger partial charge in [-0.1, -0.05) is 42.6 Å². The van der Waals surface area contributed by atoms with Gasteiger partial charge in [0.15, 0.2) is 5.58 Å². The molecule has 0 bridgehead atoms. The van der Waals surface area contributed by atoms with Crippen molar-refractivity contribution < 1.29 is 17.6 Å². The number of hydrogen-bond acceptors (Lipinski definition) is 5. The number of benzene rings is 2. The van der Waals surface area contributed by atoms with E-state index in [-0.39, 0.29) is 29.6 Å². The van der Waals surface area contributed by atoms with Crippen molar-refractivity contribution in [2.45, 2.75) is 49.7 Å². The highest BCUT2D eigenvalue weighted by Gasteiger charge is 2.24. The molecule has 31 heavy (non-hydrogen) atoms. The van der Waals surface area contributed by atoms with Crippen molar-refractivity contribution in [1.82, 2.24) is 14.6 Å². The van der Waals surface area contributed by atoms with Gasteiger partial charge in [-0.3, -0.25) is 9.36 Å². The van der Waals surface area contributed by atoms with Crippen LogP contribution in [0.1, 0.15) is 31.2 Å². The molecule has 8 nitrogen and oxygen atoms in total. The van der Waals surface area contributed by atoms with Gasteiger partial charge in [0.25, 0.3) is 0 Å². The van der Waals surface area contributed by atoms with Crippen LogP contribution in [0.2, 0.25) is 5.02 Å². The van der Waals surface area contributed by atoms with E-state index in [2.05, 4.69) is 10.0 Å². The van der Waals surface area contributed by atoms with Crippen molar-refractivity contribution in [3.63, 3.8) is 0 Å². The molecule has 0 saturated heterocycles. The SMILES string of the molecule is O=C(Cn1c(=O)oc2cc(S(=O)(=O)NC3CCCC3)ccc21)NCc1ccccc1Cl. The Morgan fingerprint density at radius 1 is 1.16 bits per heavy atom. The van der Waals surface area contributed by atoms with Gasteiger partial charge in [-0.15, -0.1) is 0 Å². The highest BCUT2D eigenvalue weighted by molar-refractivity contribution is 7.89. The van der Waals surface area contributed by atoms with Gasteiger partial charge in [0.05, 0.1) is 10.4 Å². The number of fused-ring (bicyclic) bond motifs is 1. The minimum atomic E-state index is -3.72. The summed E-state index contributed by atoms with van der Waals surface area (Å²) in [5, 5.41) is 3.25. The molecule has 1 heterocycles. The summed E-state index contributed by atoms with van der Waals surface area (Å²) in [7, 11) is -3.72. The Balaban J connectivity index is 1.50. The van der Waals surface area contributed by atoms with E-state index in [1.807, 2.05) is 6.07 Å². The van der Waals surface area contributed by atoms with E-state index < -0.39 is 21.7 Å². The third-order valence-electron chi connectivity index (χ3n) is 5.36. The van der Waals surface area contributed by atoms with Crippen LogP contribution < -0.4 is 15.8 Å². The number of nitrogens with zero attached hydrogens (tertiary/aromatic N) is 1. The van der Waals surface area contributed by atoms with E-state index in [1.54, 1.807) is 18.2 Å². The molecule has 164 valence electrons. The second-order valence-electron chi connectivity index (χ2n) is 7.55. The number of sulfonamides is 1. The molecular weight excluding hydrogens is 442 g/mol. The predicted octanol–water partition coefficient (Wildman–Crippen LogP) is 2.79. The van der Waals surface area contributed by atoms with Gasteiger partial charge in [0.2, 0.25) is 15.9 Å². The number of oxazole rings is 1. The van der Waals surface area contributed by atoms with E-state index in [1.165, 1.54) is 18.2 Å². The Hall–Kier alpha value is -2.62. The number of rotatable bonds is 7. The summed E-state index contributed by atoms with van der Waals surface area (Å²) >= 11 is 6.08. The summed E-state index contributed by atoms with van der Waals surface area (Å²) in [5.41, 5.74) is 1.21. The number of carbonyl (C=O) groups is 1. The first-order chi connectivity index (χ1) is 14.8. The molecule has 1 aliphatic rings. The monoisotopic (exact) mass is 463 g/mol. The van der Waals surface area contributed by atoms with Gasteiger partial charge < -0.3 is 9.73 Å². The molecule has 3 aromatic rings. The molecule has 1 saturated carbocycles. The second-order valence-corrected chi connectivity index (χ2v) is 9.68. The predicted molar refractivity (Wildman–Crippen MR) is 116 cm³/mol. The van der Waals surface area contributed by atoms with Crippen LogP contribution in [0.4, 0.5) is 0 Å². The Labute approximate surface area is 184 Å². The zero-order valence-corrected chi connectivity index (χ0v) is 18.2. The van der Waals surface area contributed by atoms with Crippen LogP contribution in [-0.2, 0) is 27.9 Å². The van der Waals surface area contributed by atoms with E-state index in [9.17, 15) is 18.0 Å². The van der Waals surface area contributed by atoms with Crippen LogP contribution in [0, 0.1) is 0 Å². The van der Waals surface area contributed by atoms with Crippen molar-refractivity contribution in [2.75, 3.05) is 0 Å². The van der Waals surface area contributed by atoms with Crippen LogP contribution in [0.25, 0.3) is 11.1 Å². The Morgan fingerprint density at radius 2 is 1.90 bits per heavy atom. The minimum absolute atomic E-state index is 0.0240. The quantitative estimate of drug-likeness (QED) is 0.559. The molecule has 0 spiro atoms. The van der Waals surface area contributed by atoms with Crippen LogP contribution in [0.3, 0.4) is 0 Å². The lowest BCUT2D eigenvalue weighted by Gasteiger charge is -2.12. The summed E-state index contributed by atoms with van der Waals surface area (Å²) in [6, 6.07) is 11.3. The topological polar surface area (TPSA) is 110 Å². The van der Waals surface area contributed by atoms with Gasteiger partial charge in [-0.2, -0.15) is 0 Å². The van der Waals surface area contributed by atoms with Crippen molar-refractivity contribution in [3.8, 4) is 0 Å². The number of aromatic nitrogens is 1. The van der Waals surface area contributed by atoms with Crippen molar-refractivity contribution in [2.24, 2.45) is 0 Å². The average molecular weight is 464 g/mol. The van der Waals surface area contributed by atoms with E-state index >= 15 is 0 Å². The van der Waals surface area contributed by atoms with Gasteiger partial charge in [-0.25, -0.2) is 17.9 Å². The standard InChI is InChI=1S/C21H22ClN3O5S/c22-17-8-4-1-5-14(17)12-23-20(26)13-25-18-10-9-16(11-19(18)30-21(25)27)31(28,29)24-15-6-2-3-7-15/h1,4-5,8-11,15,24H,2-3,6-7,12-13H2,(H,23,26). The van der Waals surface area contributed by atoms with Crippen LogP contribution in [-0.4, -0.2) is 24.9 Å². The highest BCUT2D eigenvalue weighted by atomic mass is 35.5. The molecule has 4 rings (SSSR count). The third-order valence-corrected chi connectivity index (χ3v) is 7.25. The largest absolute Gasteiger partial charge is 0.420 e. The van der Waals surface area contributed by atoms with Gasteiger partial charge in [-0.05, 0) is 36.6 Å². The average Bonchev–Trinajstić information content (AvgIpc) is 3.34. The van der Waals surface area contributed by atoms with Crippen LogP contribution in [0.5, 0.6) is 0 Å². The lowest BCUT2D eigenvalue weighted by molar-refractivity contribution is -0.121. The van der Waals surface area contributed by atoms with Crippen LogP contribution >= 0.6 is 11.6 Å². The van der Waals surface area contributed by atoms with Gasteiger partial charge >= 0.3 is 5.76 Å². The smallest absolute Gasteiger partial charge is 0.408 e. The number of carbonyl (C=O) groups excluding carboxylic acids is 1. The zero-order chi connectivity index (χ0) is 22.0. The fraction of sp³-hybridized carbons (Fsp3) is 0.333. The van der Waals surface area contributed by atoms with E-state index in [0.717, 1.165) is 35.8 Å². The summed E-state index contributed by atoms with van der Waals surface area (Å²) < 4.78 is 34.3. The third kappa shape index (κ3) is 4.84. The maximum Gasteiger partial charge on any atom is 0.420 e. The normalized spacial score (nSPS) is 14.9. The number of halogens is 1. The fourth-order valence-electron chi connectivity index (χ4n) is 3.73. The first kappa shape index (κ1) is 21.6. The Bertz CT molecular complexity index is 1280. The first-order valence-electron chi connectivity index (χ1n) is 9.99. The van der Waals surface area contributed by atoms with Crippen LogP contribution in [0.15, 0.2) is 56.6 Å². The molecular formula is C21H22ClN3O5S. The molecule has 1 fully saturated rings. The Morgan fingerprint density at radius 3 is 2.65 bits per heavy atom. The summed E-state index contributed by atoms with van der Waals surface area (Å²) in [5.74, 6) is -1.13. The van der Waals surface area contributed by atoms with Crippen molar-refractivity contribution in [1.29, 1.82) is 0 Å². The number of amides is 1. The molecule has 10 heteroatoms. The molecule has 0 atom stereocenters. The molecule has 1 aromatic heterocycles. The van der Waals surface area contributed by atoms with E-state index in [4.69, 9.17) is 16.0 Å². The fourth-order valence-corrected chi connectivity index (χ4v) is 5.25. The summed E-state index contributed by atoms with van der Waals surface area (Å²) in [6.07, 6.45) is 3.64. The molecule has 0 aliphatic heterocycles. The molecule has 0 radical (unpaired) electrons. The van der Waals surface area contributed by atoms with Crippen molar-refractivity contribution in [3.05, 3.63) is 63.6 Å². The highest BCUT2D eigenvalue weighted by Crippen LogP contribution is 2.23. The second kappa shape index (κ2) is 8.86. The molecule has 2 aromatic carbocycles. The lowest BCUT2D eigenvalue weighted by atomic mass is 10.2. The lowest BCUT2D eigenvalue weighted by Crippen LogP contribution is -2.32. The number of nitrogens with one attached hydrogen (secondary N) is 2. The Kier molecular flexibility index (Phi) is 6.17. The maximum atomic E-state index is 12.6. The molecule has 1 aliphatic carbocycles. The van der Waals surface area contributed by atoms with Crippen molar-refractivity contribution >= 4 is 38.6 Å². The minimum Gasteiger partial charge on any atom is -0.408 e. The zero-order valence-electron chi connectivity index (χ0n) is 16.6. The first-order valence-corrected chi connectivity index (χ1v) is 11.9. The summed E-state index contributed by atoms with van der Waals surface area (Å²) in [6.45, 7) is -0.0407. The molecule has 1 amide bonds. The van der Waals surface area contributed by atoms with Gasteiger partial charge in [0, 0.05) is 23.7 Å². The summed E-state index contributed by atoms with van der Waals surface area (Å²) in [4.78, 5) is 24.6. The maximum absolute atomic E-state index is 12.6. The number of hydrogen-bond donors (Lipinski definition) is 2.